The van der Waals surface area contributed by atoms with Crippen LogP contribution in [0.4, 0.5) is 5.69 Å². The fourth-order valence-corrected chi connectivity index (χ4v) is 3.41. The van der Waals surface area contributed by atoms with Crippen molar-refractivity contribution in [3.8, 4) is 0 Å². The fraction of sp³-hybridized carbons (Fsp3) is 0.533. The van der Waals surface area contributed by atoms with E-state index >= 15 is 0 Å². The molecule has 0 fully saturated rings. The Kier molecular flexibility index (Phi) is 4.33. The minimum Gasteiger partial charge on any atom is -0.335 e. The molecule has 2 nitrogen and oxygen atoms in total. The Morgan fingerprint density at radius 1 is 1.28 bits per heavy atom. The number of thioether (sulfide) groups is 1. The molecule has 1 aliphatic rings. The largest absolute Gasteiger partial charge is 0.335 e. The molecule has 1 heterocycles. The molecule has 18 heavy (non-hydrogen) atoms. The van der Waals surface area contributed by atoms with Crippen molar-refractivity contribution in [1.29, 1.82) is 0 Å². The molecule has 0 amide bonds. The monoisotopic (exact) mass is 262 g/mol. The molecule has 3 heteroatoms. The van der Waals surface area contributed by atoms with Gasteiger partial charge in [0.05, 0.1) is 0 Å². The Morgan fingerprint density at radius 2 is 2.00 bits per heavy atom. The standard InChI is InChI=1S/C15H22N2S/c1-4-15(5-2)10-16-14(18-11-15)17-13-9-7-6-8-12(13)3/h6-9H,4-5,10-11H2,1-3H3,(H,16,17). The van der Waals surface area contributed by atoms with Crippen LogP contribution in [-0.4, -0.2) is 17.5 Å². The minimum absolute atomic E-state index is 0.418. The normalized spacial score (nSPS) is 18.3. The van der Waals surface area contributed by atoms with Gasteiger partial charge in [-0.25, -0.2) is 0 Å². The van der Waals surface area contributed by atoms with E-state index in [2.05, 4.69) is 50.4 Å². The van der Waals surface area contributed by atoms with Gasteiger partial charge in [0.15, 0.2) is 5.17 Å². The van der Waals surface area contributed by atoms with Gasteiger partial charge >= 0.3 is 0 Å². The Labute approximate surface area is 114 Å². The zero-order chi connectivity index (χ0) is 13.0. The van der Waals surface area contributed by atoms with Crippen LogP contribution in [0.1, 0.15) is 32.3 Å². The second kappa shape index (κ2) is 5.79. The average Bonchev–Trinajstić information content (AvgIpc) is 2.43. The zero-order valence-electron chi connectivity index (χ0n) is 11.5. The maximum atomic E-state index is 4.73. The van der Waals surface area contributed by atoms with Gasteiger partial charge in [0.1, 0.15) is 0 Å². The first-order valence-electron chi connectivity index (χ1n) is 6.69. The lowest BCUT2D eigenvalue weighted by molar-refractivity contribution is 0.318. The molecule has 2 rings (SSSR count). The molecule has 0 radical (unpaired) electrons. The maximum absolute atomic E-state index is 4.73. The summed E-state index contributed by atoms with van der Waals surface area (Å²) in [6.45, 7) is 7.64. The summed E-state index contributed by atoms with van der Waals surface area (Å²) in [4.78, 5) is 4.73. The van der Waals surface area contributed by atoms with Gasteiger partial charge in [-0.15, -0.1) is 0 Å². The Morgan fingerprint density at radius 3 is 2.56 bits per heavy atom. The molecule has 1 aromatic carbocycles. The average molecular weight is 262 g/mol. The molecule has 1 aliphatic heterocycles. The molecule has 0 saturated heterocycles. The number of aliphatic imine (C=N–C) groups is 1. The molecule has 0 aliphatic carbocycles. The first-order chi connectivity index (χ1) is 8.69. The van der Waals surface area contributed by atoms with E-state index in [4.69, 9.17) is 4.99 Å². The molecule has 0 unspecified atom stereocenters. The van der Waals surface area contributed by atoms with Crippen molar-refractivity contribution in [2.24, 2.45) is 10.4 Å². The first-order valence-corrected chi connectivity index (χ1v) is 7.67. The third-order valence-electron chi connectivity index (χ3n) is 3.96. The summed E-state index contributed by atoms with van der Waals surface area (Å²) < 4.78 is 0. The predicted molar refractivity (Wildman–Crippen MR) is 82.6 cm³/mol. The van der Waals surface area contributed by atoms with Crippen molar-refractivity contribution in [2.45, 2.75) is 33.6 Å². The van der Waals surface area contributed by atoms with E-state index in [1.165, 1.54) is 29.8 Å². The molecule has 1 aromatic rings. The number of hydrogen-bond acceptors (Lipinski definition) is 3. The van der Waals surface area contributed by atoms with Crippen LogP contribution in [0.15, 0.2) is 29.3 Å². The number of amidine groups is 1. The van der Waals surface area contributed by atoms with E-state index < -0.39 is 0 Å². The third kappa shape index (κ3) is 2.89. The fourth-order valence-electron chi connectivity index (χ4n) is 2.13. The molecular formula is C15H22N2S. The van der Waals surface area contributed by atoms with Crippen LogP contribution in [0, 0.1) is 12.3 Å². The van der Waals surface area contributed by atoms with E-state index in [0.29, 0.717) is 5.41 Å². The van der Waals surface area contributed by atoms with Gasteiger partial charge < -0.3 is 5.32 Å². The molecule has 1 N–H and O–H groups in total. The van der Waals surface area contributed by atoms with Gasteiger partial charge in [0.2, 0.25) is 0 Å². The second-order valence-corrected chi connectivity index (χ2v) is 6.02. The van der Waals surface area contributed by atoms with Crippen molar-refractivity contribution in [1.82, 2.24) is 0 Å². The van der Waals surface area contributed by atoms with Crippen LogP contribution < -0.4 is 5.32 Å². The number of rotatable bonds is 3. The first kappa shape index (κ1) is 13.5. The maximum Gasteiger partial charge on any atom is 0.161 e. The van der Waals surface area contributed by atoms with Crippen molar-refractivity contribution in [3.63, 3.8) is 0 Å². The van der Waals surface area contributed by atoms with Crippen LogP contribution in [-0.2, 0) is 0 Å². The number of anilines is 1. The number of nitrogens with one attached hydrogen (secondary N) is 1. The van der Waals surface area contributed by atoms with Crippen molar-refractivity contribution < 1.29 is 0 Å². The van der Waals surface area contributed by atoms with Crippen LogP contribution in [0.2, 0.25) is 0 Å². The lowest BCUT2D eigenvalue weighted by atomic mass is 9.84. The summed E-state index contributed by atoms with van der Waals surface area (Å²) in [7, 11) is 0. The molecule has 0 bridgehead atoms. The Balaban J connectivity index is 2.05. The molecule has 98 valence electrons. The van der Waals surface area contributed by atoms with Gasteiger partial charge in [-0.05, 0) is 36.8 Å². The van der Waals surface area contributed by atoms with Crippen molar-refractivity contribution in [2.75, 3.05) is 17.6 Å². The van der Waals surface area contributed by atoms with Crippen molar-refractivity contribution in [3.05, 3.63) is 29.8 Å². The number of nitrogens with zero attached hydrogens (tertiary/aromatic N) is 1. The van der Waals surface area contributed by atoms with Gasteiger partial charge in [0, 0.05) is 18.0 Å². The lowest BCUT2D eigenvalue weighted by Crippen LogP contribution is -2.32. The zero-order valence-corrected chi connectivity index (χ0v) is 12.3. The minimum atomic E-state index is 0.418. The van der Waals surface area contributed by atoms with Crippen molar-refractivity contribution >= 4 is 22.6 Å². The van der Waals surface area contributed by atoms with E-state index in [-0.39, 0.29) is 0 Å². The topological polar surface area (TPSA) is 24.4 Å². The Hall–Kier alpha value is -0.960. The molecule has 0 spiro atoms. The van der Waals surface area contributed by atoms with Crippen LogP contribution in [0.25, 0.3) is 0 Å². The number of para-hydroxylation sites is 1. The second-order valence-electron chi connectivity index (χ2n) is 5.06. The van der Waals surface area contributed by atoms with E-state index in [9.17, 15) is 0 Å². The summed E-state index contributed by atoms with van der Waals surface area (Å²) in [6, 6.07) is 8.36. The van der Waals surface area contributed by atoms with Crippen LogP contribution >= 0.6 is 11.8 Å². The van der Waals surface area contributed by atoms with Crippen LogP contribution in [0.5, 0.6) is 0 Å². The van der Waals surface area contributed by atoms with Gasteiger partial charge in [-0.1, -0.05) is 43.8 Å². The number of hydrogen-bond donors (Lipinski definition) is 1. The van der Waals surface area contributed by atoms with Gasteiger partial charge in [-0.3, -0.25) is 4.99 Å². The number of benzene rings is 1. The molecular weight excluding hydrogens is 240 g/mol. The lowest BCUT2D eigenvalue weighted by Gasteiger charge is -2.33. The quantitative estimate of drug-likeness (QED) is 0.877. The van der Waals surface area contributed by atoms with Gasteiger partial charge in [-0.2, -0.15) is 0 Å². The highest BCUT2D eigenvalue weighted by Crippen LogP contribution is 2.35. The molecule has 0 saturated carbocycles. The van der Waals surface area contributed by atoms with E-state index in [0.717, 1.165) is 11.7 Å². The summed E-state index contributed by atoms with van der Waals surface area (Å²) in [5, 5.41) is 4.52. The van der Waals surface area contributed by atoms with Crippen LogP contribution in [0.3, 0.4) is 0 Å². The predicted octanol–water partition coefficient (Wildman–Crippen LogP) is 4.32. The summed E-state index contributed by atoms with van der Waals surface area (Å²) in [5.74, 6) is 1.18. The smallest absolute Gasteiger partial charge is 0.161 e. The molecule has 0 aromatic heterocycles. The Bertz CT molecular complexity index is 436. The highest BCUT2D eigenvalue weighted by molar-refractivity contribution is 8.14. The highest BCUT2D eigenvalue weighted by atomic mass is 32.2. The summed E-state index contributed by atoms with van der Waals surface area (Å²) >= 11 is 1.86. The summed E-state index contributed by atoms with van der Waals surface area (Å²) in [6.07, 6.45) is 2.44. The van der Waals surface area contributed by atoms with E-state index in [1.807, 2.05) is 11.8 Å². The van der Waals surface area contributed by atoms with E-state index in [1.54, 1.807) is 0 Å². The highest BCUT2D eigenvalue weighted by Gasteiger charge is 2.30. The van der Waals surface area contributed by atoms with Gasteiger partial charge in [0.25, 0.3) is 0 Å². The number of aryl methyl sites for hydroxylation is 1. The SMILES string of the molecule is CCC1(CC)CN=C(Nc2ccccc2C)SC1. The third-order valence-corrected chi connectivity index (χ3v) is 5.22. The molecule has 0 atom stereocenters. The summed E-state index contributed by atoms with van der Waals surface area (Å²) in [5.41, 5.74) is 2.86.